The van der Waals surface area contributed by atoms with E-state index in [1.165, 1.54) is 0 Å². The van der Waals surface area contributed by atoms with Gasteiger partial charge in [0.05, 0.1) is 13.2 Å². The van der Waals surface area contributed by atoms with Crippen molar-refractivity contribution in [3.63, 3.8) is 0 Å². The summed E-state index contributed by atoms with van der Waals surface area (Å²) in [5.41, 5.74) is 10.8. The van der Waals surface area contributed by atoms with Gasteiger partial charge in [-0.25, -0.2) is 4.99 Å². The highest BCUT2D eigenvalue weighted by molar-refractivity contribution is 9.10. The van der Waals surface area contributed by atoms with E-state index in [-0.39, 0.29) is 25.5 Å². The number of aliphatic hydroxyl groups is 1. The monoisotopic (exact) mass is 605 g/mol. The summed E-state index contributed by atoms with van der Waals surface area (Å²) in [5, 5.41) is 15.8. The van der Waals surface area contributed by atoms with Crippen LogP contribution in [0.2, 0.25) is 0 Å². The number of azide groups is 1. The normalized spacial score (nSPS) is 17.9. The number of aliphatic imine (C=N–C) groups is 1. The number of nitrogens with one attached hydrogen (secondary N) is 1. The summed E-state index contributed by atoms with van der Waals surface area (Å²) in [6, 6.07) is 22.6. The van der Waals surface area contributed by atoms with Gasteiger partial charge in [-0.3, -0.25) is 4.79 Å². The van der Waals surface area contributed by atoms with Crippen LogP contribution in [0.15, 0.2) is 87.4 Å². The lowest BCUT2D eigenvalue weighted by Crippen LogP contribution is -2.50. The van der Waals surface area contributed by atoms with E-state index in [0.717, 1.165) is 27.6 Å². The molecule has 4 rings (SSSR count). The van der Waals surface area contributed by atoms with E-state index in [4.69, 9.17) is 25.1 Å². The molecular formula is C30H32BrN5O4. The van der Waals surface area contributed by atoms with Crippen molar-refractivity contribution in [2.24, 2.45) is 10.1 Å². The van der Waals surface area contributed by atoms with Crippen molar-refractivity contribution in [3.05, 3.63) is 110 Å². The average molecular weight is 607 g/mol. The molecule has 10 heteroatoms. The van der Waals surface area contributed by atoms with Gasteiger partial charge in [-0.2, -0.15) is 0 Å². The van der Waals surface area contributed by atoms with Crippen LogP contribution in [0.3, 0.4) is 0 Å². The van der Waals surface area contributed by atoms with E-state index < -0.39 is 11.6 Å². The molecule has 0 radical (unpaired) electrons. The number of hydrogen-bond acceptors (Lipinski definition) is 6. The Kier molecular flexibility index (Phi) is 10.2. The highest BCUT2D eigenvalue weighted by Gasteiger charge is 2.53. The van der Waals surface area contributed by atoms with Gasteiger partial charge < -0.3 is 19.9 Å². The van der Waals surface area contributed by atoms with Gasteiger partial charge in [0.1, 0.15) is 5.75 Å². The summed E-state index contributed by atoms with van der Waals surface area (Å²) < 4.78 is 13.1. The molecule has 1 aliphatic rings. The number of ether oxygens (including phenoxy) is 2. The molecule has 0 bridgehead atoms. The zero-order valence-electron chi connectivity index (χ0n) is 22.3. The predicted molar refractivity (Wildman–Crippen MR) is 157 cm³/mol. The molecule has 2 atom stereocenters. The maximum Gasteiger partial charge on any atom is 0.252 e. The number of carbonyl (C=O) groups excluding carboxylic acids is 1. The number of benzene rings is 3. The van der Waals surface area contributed by atoms with Crippen molar-refractivity contribution >= 4 is 27.7 Å². The molecule has 0 aromatic heterocycles. The lowest BCUT2D eigenvalue weighted by molar-refractivity contribution is -0.128. The fraction of sp³-hybridized carbons (Fsp3) is 0.333. The molecule has 1 heterocycles. The molecule has 0 fully saturated rings. The minimum absolute atomic E-state index is 0.0638. The summed E-state index contributed by atoms with van der Waals surface area (Å²) in [5.74, 6) is 0.785. The highest BCUT2D eigenvalue weighted by Crippen LogP contribution is 2.43. The first kappa shape index (κ1) is 29.1. The molecule has 0 unspecified atom stereocenters. The van der Waals surface area contributed by atoms with Gasteiger partial charge in [0, 0.05) is 40.9 Å². The molecule has 3 aromatic rings. The quantitative estimate of drug-likeness (QED) is 0.106. The van der Waals surface area contributed by atoms with Gasteiger partial charge in [-0.05, 0) is 65.0 Å². The Morgan fingerprint density at radius 2 is 1.88 bits per heavy atom. The Morgan fingerprint density at radius 3 is 2.55 bits per heavy atom. The molecular weight excluding hydrogens is 574 g/mol. The van der Waals surface area contributed by atoms with Gasteiger partial charge >= 0.3 is 0 Å². The van der Waals surface area contributed by atoms with Crippen LogP contribution in [0.25, 0.3) is 10.4 Å². The standard InChI is InChI=1S/C30H32BrN5O4/c1-2-16-33-29(38)30(19-23-6-3-4-7-24(23)20-34-36-32)27(21-8-12-25(31)13-9-21)40-28(35-30)22-10-14-26(15-11-22)39-18-5-17-37/h3-4,6-15,27,37H,2,5,16-20H2,1H3,(H,33,38)/t27-,30-/m1/s1. The number of nitrogens with zero attached hydrogens (tertiary/aromatic N) is 4. The fourth-order valence-electron chi connectivity index (χ4n) is 4.59. The molecule has 3 aromatic carbocycles. The van der Waals surface area contributed by atoms with Crippen molar-refractivity contribution in [1.82, 2.24) is 5.32 Å². The van der Waals surface area contributed by atoms with Crippen molar-refractivity contribution < 1.29 is 19.4 Å². The molecule has 208 valence electrons. The van der Waals surface area contributed by atoms with Crippen LogP contribution in [0.5, 0.6) is 5.75 Å². The van der Waals surface area contributed by atoms with Gasteiger partial charge in [-0.15, -0.1) is 0 Å². The zero-order chi connectivity index (χ0) is 28.4. The molecule has 0 aliphatic carbocycles. The van der Waals surface area contributed by atoms with Crippen LogP contribution < -0.4 is 10.1 Å². The topological polar surface area (TPSA) is 129 Å². The first-order valence-electron chi connectivity index (χ1n) is 13.2. The zero-order valence-corrected chi connectivity index (χ0v) is 23.9. The number of hydrogen-bond donors (Lipinski definition) is 2. The van der Waals surface area contributed by atoms with Gasteiger partial charge in [-0.1, -0.05) is 64.4 Å². The van der Waals surface area contributed by atoms with Crippen LogP contribution >= 0.6 is 15.9 Å². The van der Waals surface area contributed by atoms with E-state index in [0.29, 0.717) is 36.8 Å². The van der Waals surface area contributed by atoms with E-state index in [2.05, 4.69) is 31.3 Å². The second kappa shape index (κ2) is 14.0. The summed E-state index contributed by atoms with van der Waals surface area (Å²) in [6.07, 6.45) is 0.850. The Morgan fingerprint density at radius 1 is 1.15 bits per heavy atom. The van der Waals surface area contributed by atoms with Crippen LogP contribution in [-0.4, -0.2) is 42.2 Å². The third kappa shape index (κ3) is 6.83. The maximum atomic E-state index is 14.1. The fourth-order valence-corrected chi connectivity index (χ4v) is 4.86. The van der Waals surface area contributed by atoms with Crippen LogP contribution in [0, 0.1) is 0 Å². The summed E-state index contributed by atoms with van der Waals surface area (Å²) >= 11 is 3.50. The minimum Gasteiger partial charge on any atom is -0.494 e. The van der Waals surface area contributed by atoms with E-state index in [1.54, 1.807) is 0 Å². The van der Waals surface area contributed by atoms with Crippen molar-refractivity contribution in [2.75, 3.05) is 19.8 Å². The molecule has 0 saturated heterocycles. The third-order valence-corrected chi connectivity index (χ3v) is 7.15. The van der Waals surface area contributed by atoms with E-state index in [1.807, 2.05) is 79.7 Å². The first-order chi connectivity index (χ1) is 19.5. The molecule has 9 nitrogen and oxygen atoms in total. The van der Waals surface area contributed by atoms with E-state index >= 15 is 0 Å². The lowest BCUT2D eigenvalue weighted by atomic mass is 9.81. The molecule has 0 spiro atoms. The smallest absolute Gasteiger partial charge is 0.252 e. The second-order valence-electron chi connectivity index (χ2n) is 9.43. The first-order valence-corrected chi connectivity index (χ1v) is 14.0. The van der Waals surface area contributed by atoms with Crippen LogP contribution in [0.4, 0.5) is 0 Å². The lowest BCUT2D eigenvalue weighted by Gasteiger charge is -2.31. The van der Waals surface area contributed by atoms with Gasteiger partial charge in [0.2, 0.25) is 5.90 Å². The maximum absolute atomic E-state index is 14.1. The molecule has 1 amide bonds. The number of rotatable bonds is 13. The van der Waals surface area contributed by atoms with Crippen LogP contribution in [-0.2, 0) is 22.5 Å². The van der Waals surface area contributed by atoms with Crippen molar-refractivity contribution in [2.45, 2.75) is 44.4 Å². The second-order valence-corrected chi connectivity index (χ2v) is 10.3. The summed E-state index contributed by atoms with van der Waals surface area (Å²) in [6.45, 7) is 3.14. The SMILES string of the molecule is CCCNC(=O)[C@]1(Cc2ccccc2CN=[N+]=[N-])N=C(c2ccc(OCCCO)cc2)O[C@@H]1c1ccc(Br)cc1. The Hall–Kier alpha value is -3.85. The Balaban J connectivity index is 1.80. The Labute approximate surface area is 242 Å². The summed E-state index contributed by atoms with van der Waals surface area (Å²) in [7, 11) is 0. The molecule has 1 aliphatic heterocycles. The molecule has 40 heavy (non-hydrogen) atoms. The average Bonchev–Trinajstić information content (AvgIpc) is 3.36. The van der Waals surface area contributed by atoms with Gasteiger partial charge in [0.25, 0.3) is 5.91 Å². The highest BCUT2D eigenvalue weighted by atomic mass is 79.9. The molecule has 2 N–H and O–H groups in total. The number of halogens is 1. The summed E-state index contributed by atoms with van der Waals surface area (Å²) in [4.78, 5) is 22.0. The molecule has 0 saturated carbocycles. The number of amides is 1. The van der Waals surface area contributed by atoms with Gasteiger partial charge in [0.15, 0.2) is 11.6 Å². The third-order valence-electron chi connectivity index (χ3n) is 6.62. The predicted octanol–water partition coefficient (Wildman–Crippen LogP) is 6.05. The number of carbonyl (C=O) groups is 1. The largest absolute Gasteiger partial charge is 0.494 e. The number of aliphatic hydroxyl groups excluding tert-OH is 1. The Bertz CT molecular complexity index is 1370. The minimum atomic E-state index is -1.32. The van der Waals surface area contributed by atoms with E-state index in [9.17, 15) is 4.79 Å². The van der Waals surface area contributed by atoms with Crippen molar-refractivity contribution in [1.29, 1.82) is 0 Å². The van der Waals surface area contributed by atoms with Crippen LogP contribution in [0.1, 0.15) is 48.1 Å². The van der Waals surface area contributed by atoms with Crippen molar-refractivity contribution in [3.8, 4) is 5.75 Å².